The van der Waals surface area contributed by atoms with Gasteiger partial charge in [0.1, 0.15) is 6.54 Å². The fourth-order valence-corrected chi connectivity index (χ4v) is 2.49. The van der Waals surface area contributed by atoms with Gasteiger partial charge in [-0.3, -0.25) is 14.9 Å². The summed E-state index contributed by atoms with van der Waals surface area (Å²) in [6, 6.07) is 11.7. The van der Waals surface area contributed by atoms with E-state index in [0.29, 0.717) is 11.4 Å². The molecule has 0 spiro atoms. The van der Waals surface area contributed by atoms with E-state index in [1.54, 1.807) is 19.1 Å². The lowest BCUT2D eigenvalue weighted by atomic mass is 10.1. The zero-order chi connectivity index (χ0) is 18.0. The number of hydrogen-bond acceptors (Lipinski definition) is 6. The van der Waals surface area contributed by atoms with E-state index in [0.717, 1.165) is 10.0 Å². The van der Waals surface area contributed by atoms with Gasteiger partial charge in [-0.2, -0.15) is 4.80 Å². The van der Waals surface area contributed by atoms with Crippen LogP contribution < -0.4 is 0 Å². The number of nitro groups is 1. The molecule has 0 fully saturated rings. The molecular formula is C16H12BrN5O3. The van der Waals surface area contributed by atoms with Crippen LogP contribution in [0.25, 0.3) is 11.4 Å². The van der Waals surface area contributed by atoms with Crippen LogP contribution in [0, 0.1) is 17.0 Å². The Kier molecular flexibility index (Phi) is 4.66. The quantitative estimate of drug-likeness (QED) is 0.369. The van der Waals surface area contributed by atoms with E-state index < -0.39 is 4.92 Å². The Morgan fingerprint density at radius 1 is 1.24 bits per heavy atom. The maximum Gasteiger partial charge on any atom is 0.273 e. The SMILES string of the molecule is Cc1ccc(C(=O)Cn2nnc(-c3ccc(Br)cc3)n2)cc1[N+](=O)[O-]. The second-order valence-electron chi connectivity index (χ2n) is 5.33. The van der Waals surface area contributed by atoms with Crippen molar-refractivity contribution >= 4 is 27.4 Å². The summed E-state index contributed by atoms with van der Waals surface area (Å²) >= 11 is 3.35. The number of nitro benzene ring substituents is 1. The fourth-order valence-electron chi connectivity index (χ4n) is 2.22. The first-order valence-corrected chi connectivity index (χ1v) is 8.05. The molecule has 1 aromatic heterocycles. The molecule has 0 atom stereocenters. The van der Waals surface area contributed by atoms with Crippen molar-refractivity contribution in [2.24, 2.45) is 0 Å². The van der Waals surface area contributed by atoms with Crippen molar-refractivity contribution in [3.63, 3.8) is 0 Å². The Balaban J connectivity index is 1.79. The Morgan fingerprint density at radius 2 is 1.96 bits per heavy atom. The van der Waals surface area contributed by atoms with E-state index in [9.17, 15) is 14.9 Å². The summed E-state index contributed by atoms with van der Waals surface area (Å²) in [5.74, 6) is 0.0676. The van der Waals surface area contributed by atoms with E-state index in [-0.39, 0.29) is 23.6 Å². The molecule has 0 aliphatic carbocycles. The summed E-state index contributed by atoms with van der Waals surface area (Å²) in [5, 5.41) is 23.0. The molecule has 0 aliphatic heterocycles. The summed E-state index contributed by atoms with van der Waals surface area (Å²) in [6.45, 7) is 1.47. The van der Waals surface area contributed by atoms with Crippen molar-refractivity contribution in [1.29, 1.82) is 0 Å². The van der Waals surface area contributed by atoms with Gasteiger partial charge >= 0.3 is 0 Å². The number of tetrazole rings is 1. The van der Waals surface area contributed by atoms with Crippen LogP contribution in [-0.4, -0.2) is 30.9 Å². The van der Waals surface area contributed by atoms with Crippen molar-refractivity contribution in [2.45, 2.75) is 13.5 Å². The number of carbonyl (C=O) groups excluding carboxylic acids is 1. The smallest absolute Gasteiger partial charge is 0.273 e. The molecule has 0 saturated carbocycles. The lowest BCUT2D eigenvalue weighted by Crippen LogP contribution is -2.13. The molecule has 3 aromatic rings. The molecule has 2 aromatic carbocycles. The molecule has 126 valence electrons. The lowest BCUT2D eigenvalue weighted by molar-refractivity contribution is -0.385. The van der Waals surface area contributed by atoms with Crippen LogP contribution >= 0.6 is 15.9 Å². The van der Waals surface area contributed by atoms with Crippen LogP contribution in [0.1, 0.15) is 15.9 Å². The maximum atomic E-state index is 12.3. The standard InChI is InChI=1S/C16H12BrN5O3/c1-10-2-3-12(8-14(10)22(24)25)15(23)9-21-19-16(18-20-21)11-4-6-13(17)7-5-11/h2-8H,9H2,1H3. The number of ketones is 1. The number of Topliss-reactive ketones (excluding diaryl/α,β-unsaturated/α-hetero) is 1. The molecule has 0 N–H and O–H groups in total. The first-order chi connectivity index (χ1) is 11.9. The van der Waals surface area contributed by atoms with Gasteiger partial charge in [0, 0.05) is 27.2 Å². The van der Waals surface area contributed by atoms with Crippen molar-refractivity contribution in [1.82, 2.24) is 20.2 Å². The van der Waals surface area contributed by atoms with Crippen LogP contribution in [-0.2, 0) is 6.54 Å². The predicted molar refractivity (Wildman–Crippen MR) is 93.1 cm³/mol. The summed E-state index contributed by atoms with van der Waals surface area (Å²) < 4.78 is 0.930. The molecule has 9 heteroatoms. The molecule has 1 heterocycles. The van der Waals surface area contributed by atoms with Gasteiger partial charge < -0.3 is 0 Å². The fraction of sp³-hybridized carbons (Fsp3) is 0.125. The first-order valence-electron chi connectivity index (χ1n) is 7.26. The number of nitrogens with zero attached hydrogens (tertiary/aromatic N) is 5. The minimum Gasteiger partial charge on any atom is -0.292 e. The highest BCUT2D eigenvalue weighted by atomic mass is 79.9. The van der Waals surface area contributed by atoms with Crippen LogP contribution in [0.15, 0.2) is 46.9 Å². The van der Waals surface area contributed by atoms with Crippen molar-refractivity contribution in [3.8, 4) is 11.4 Å². The number of halogens is 1. The highest BCUT2D eigenvalue weighted by Gasteiger charge is 2.16. The molecule has 0 saturated heterocycles. The van der Waals surface area contributed by atoms with E-state index in [1.807, 2.05) is 24.3 Å². The number of hydrogen-bond donors (Lipinski definition) is 0. The minimum atomic E-state index is -0.508. The number of aromatic nitrogens is 4. The predicted octanol–water partition coefficient (Wildman–Crippen LogP) is 3.20. The number of rotatable bonds is 5. The molecular weight excluding hydrogens is 390 g/mol. The van der Waals surface area contributed by atoms with Crippen LogP contribution in [0.2, 0.25) is 0 Å². The summed E-state index contributed by atoms with van der Waals surface area (Å²) in [6.07, 6.45) is 0. The van der Waals surface area contributed by atoms with Gasteiger partial charge in [-0.25, -0.2) is 0 Å². The Bertz CT molecular complexity index is 953. The van der Waals surface area contributed by atoms with Gasteiger partial charge in [-0.1, -0.05) is 28.1 Å². The largest absolute Gasteiger partial charge is 0.292 e. The maximum absolute atomic E-state index is 12.3. The Hall–Kier alpha value is -2.94. The first kappa shape index (κ1) is 16.9. The zero-order valence-corrected chi connectivity index (χ0v) is 14.7. The second kappa shape index (κ2) is 6.89. The van der Waals surface area contributed by atoms with Crippen molar-refractivity contribution in [3.05, 3.63) is 68.2 Å². The monoisotopic (exact) mass is 401 g/mol. The van der Waals surface area contributed by atoms with E-state index >= 15 is 0 Å². The third kappa shape index (κ3) is 3.77. The van der Waals surface area contributed by atoms with Crippen LogP contribution in [0.3, 0.4) is 0 Å². The van der Waals surface area contributed by atoms with Gasteiger partial charge in [-0.05, 0) is 36.4 Å². The second-order valence-corrected chi connectivity index (χ2v) is 6.25. The highest BCUT2D eigenvalue weighted by molar-refractivity contribution is 9.10. The van der Waals surface area contributed by atoms with Crippen molar-refractivity contribution < 1.29 is 9.72 Å². The van der Waals surface area contributed by atoms with E-state index in [2.05, 4.69) is 31.3 Å². The van der Waals surface area contributed by atoms with Gasteiger partial charge in [0.2, 0.25) is 5.82 Å². The zero-order valence-electron chi connectivity index (χ0n) is 13.1. The average Bonchev–Trinajstić information content (AvgIpc) is 3.04. The Morgan fingerprint density at radius 3 is 2.64 bits per heavy atom. The number of aryl methyl sites for hydroxylation is 1. The van der Waals surface area contributed by atoms with Crippen LogP contribution in [0.4, 0.5) is 5.69 Å². The van der Waals surface area contributed by atoms with Gasteiger partial charge in [0.25, 0.3) is 5.69 Å². The van der Waals surface area contributed by atoms with E-state index in [1.165, 1.54) is 10.9 Å². The normalized spacial score (nSPS) is 10.6. The van der Waals surface area contributed by atoms with Gasteiger partial charge in [-0.15, -0.1) is 10.2 Å². The van der Waals surface area contributed by atoms with Crippen LogP contribution in [0.5, 0.6) is 0 Å². The number of benzene rings is 2. The third-order valence-electron chi connectivity index (χ3n) is 3.57. The summed E-state index contributed by atoms with van der Waals surface area (Å²) in [4.78, 5) is 24.0. The van der Waals surface area contributed by atoms with Crippen molar-refractivity contribution in [2.75, 3.05) is 0 Å². The molecule has 0 bridgehead atoms. The third-order valence-corrected chi connectivity index (χ3v) is 4.10. The lowest BCUT2D eigenvalue weighted by Gasteiger charge is -2.02. The average molecular weight is 402 g/mol. The molecule has 0 unspecified atom stereocenters. The van der Waals surface area contributed by atoms with Gasteiger partial charge in [0.15, 0.2) is 5.78 Å². The van der Waals surface area contributed by atoms with E-state index in [4.69, 9.17) is 0 Å². The molecule has 25 heavy (non-hydrogen) atoms. The topological polar surface area (TPSA) is 104 Å². The molecule has 0 amide bonds. The molecule has 0 aliphatic rings. The molecule has 3 rings (SSSR count). The molecule has 8 nitrogen and oxygen atoms in total. The molecule has 0 radical (unpaired) electrons. The Labute approximate surface area is 150 Å². The minimum absolute atomic E-state index is 0.0899. The summed E-state index contributed by atoms with van der Waals surface area (Å²) in [5.41, 5.74) is 1.42. The number of carbonyl (C=O) groups is 1. The highest BCUT2D eigenvalue weighted by Crippen LogP contribution is 2.20. The summed E-state index contributed by atoms with van der Waals surface area (Å²) in [7, 11) is 0. The van der Waals surface area contributed by atoms with Gasteiger partial charge in [0.05, 0.1) is 4.92 Å².